The topological polar surface area (TPSA) is 54.4 Å². The van der Waals surface area contributed by atoms with Crippen LogP contribution < -0.4 is 0 Å². The highest BCUT2D eigenvalue weighted by Gasteiger charge is 2.31. The number of aliphatic carboxylic acids is 1. The minimum Gasteiger partial charge on any atom is -0.481 e. The number of rotatable bonds is 4. The molecular weight excluding hydrogens is 283 g/mol. The van der Waals surface area contributed by atoms with E-state index >= 15 is 0 Å². The van der Waals surface area contributed by atoms with Crippen molar-refractivity contribution in [2.75, 3.05) is 5.75 Å². The van der Waals surface area contributed by atoms with Crippen LogP contribution in [0.2, 0.25) is 10.0 Å². The van der Waals surface area contributed by atoms with Gasteiger partial charge in [-0.15, -0.1) is 0 Å². The van der Waals surface area contributed by atoms with Gasteiger partial charge in [-0.3, -0.25) is 9.00 Å². The maximum atomic E-state index is 12.1. The fourth-order valence-electron chi connectivity index (χ4n) is 1.16. The van der Waals surface area contributed by atoms with E-state index in [9.17, 15) is 9.00 Å². The predicted octanol–water partition coefficient (Wildman–Crippen LogP) is 3.21. The Morgan fingerprint density at radius 3 is 2.24 bits per heavy atom. The zero-order valence-corrected chi connectivity index (χ0v) is 11.7. The summed E-state index contributed by atoms with van der Waals surface area (Å²) in [7, 11) is -1.54. The molecule has 3 nitrogen and oxygen atoms in total. The van der Waals surface area contributed by atoms with E-state index in [0.717, 1.165) is 0 Å². The Balaban J connectivity index is 3.03. The molecule has 0 spiro atoms. The van der Waals surface area contributed by atoms with Crippen molar-refractivity contribution in [2.24, 2.45) is 5.41 Å². The zero-order valence-electron chi connectivity index (χ0n) is 9.37. The maximum absolute atomic E-state index is 12.1. The first-order valence-corrected chi connectivity index (χ1v) is 6.89. The summed E-state index contributed by atoms with van der Waals surface area (Å²) in [5.41, 5.74) is -1.09. The first-order chi connectivity index (χ1) is 7.75. The summed E-state index contributed by atoms with van der Waals surface area (Å²) >= 11 is 11.8. The smallest absolute Gasteiger partial charge is 0.310 e. The SMILES string of the molecule is CC(C)(CS(=O)c1c(Cl)cccc1Cl)C(=O)O. The minimum absolute atomic E-state index is 0.0359. The van der Waals surface area contributed by atoms with Crippen molar-refractivity contribution in [3.05, 3.63) is 28.2 Å². The van der Waals surface area contributed by atoms with Crippen LogP contribution in [-0.2, 0) is 15.6 Å². The molecule has 6 heteroatoms. The molecular formula is C11H12Cl2O3S. The van der Waals surface area contributed by atoms with E-state index in [1.807, 2.05) is 0 Å². The van der Waals surface area contributed by atoms with Gasteiger partial charge in [-0.1, -0.05) is 29.3 Å². The van der Waals surface area contributed by atoms with Crippen LogP contribution >= 0.6 is 23.2 Å². The van der Waals surface area contributed by atoms with E-state index in [1.165, 1.54) is 13.8 Å². The van der Waals surface area contributed by atoms with E-state index in [2.05, 4.69) is 0 Å². The van der Waals surface area contributed by atoms with Crippen LogP contribution in [0.3, 0.4) is 0 Å². The fraction of sp³-hybridized carbons (Fsp3) is 0.364. The van der Waals surface area contributed by atoms with Crippen LogP contribution in [0.4, 0.5) is 0 Å². The second-order valence-corrected chi connectivity index (χ2v) is 6.43. The molecule has 0 aromatic heterocycles. The quantitative estimate of drug-likeness (QED) is 0.928. The van der Waals surface area contributed by atoms with E-state index in [4.69, 9.17) is 28.3 Å². The number of carbonyl (C=O) groups is 1. The first kappa shape index (κ1) is 14.5. The van der Waals surface area contributed by atoms with Crippen molar-refractivity contribution < 1.29 is 14.1 Å². The minimum atomic E-state index is -1.54. The summed E-state index contributed by atoms with van der Waals surface area (Å²) in [6, 6.07) is 4.80. The van der Waals surface area contributed by atoms with Gasteiger partial charge in [0.15, 0.2) is 0 Å². The summed E-state index contributed by atoms with van der Waals surface area (Å²) in [4.78, 5) is 11.3. The molecule has 1 atom stereocenters. The summed E-state index contributed by atoms with van der Waals surface area (Å²) < 4.78 is 12.1. The summed E-state index contributed by atoms with van der Waals surface area (Å²) in [6.07, 6.45) is 0. The highest BCUT2D eigenvalue weighted by molar-refractivity contribution is 7.85. The summed E-state index contributed by atoms with van der Waals surface area (Å²) in [6.45, 7) is 3.02. The third kappa shape index (κ3) is 3.44. The molecule has 0 bridgehead atoms. The molecule has 1 aromatic rings. The molecule has 0 radical (unpaired) electrons. The summed E-state index contributed by atoms with van der Waals surface area (Å²) in [5, 5.41) is 9.55. The molecule has 94 valence electrons. The first-order valence-electron chi connectivity index (χ1n) is 4.81. The van der Waals surface area contributed by atoms with Crippen molar-refractivity contribution in [1.82, 2.24) is 0 Å². The second kappa shape index (κ2) is 5.38. The molecule has 0 saturated heterocycles. The van der Waals surface area contributed by atoms with Gasteiger partial charge in [-0.25, -0.2) is 0 Å². The van der Waals surface area contributed by atoms with Crippen molar-refractivity contribution in [1.29, 1.82) is 0 Å². The van der Waals surface area contributed by atoms with Gasteiger partial charge >= 0.3 is 5.97 Å². The van der Waals surface area contributed by atoms with Crippen molar-refractivity contribution >= 4 is 40.0 Å². The van der Waals surface area contributed by atoms with Gasteiger partial charge in [-0.2, -0.15) is 0 Å². The van der Waals surface area contributed by atoms with Gasteiger partial charge in [0.05, 0.1) is 31.2 Å². The Morgan fingerprint density at radius 2 is 1.82 bits per heavy atom. The highest BCUT2D eigenvalue weighted by Crippen LogP contribution is 2.30. The average molecular weight is 295 g/mol. The van der Waals surface area contributed by atoms with Gasteiger partial charge in [0.25, 0.3) is 0 Å². The summed E-state index contributed by atoms with van der Waals surface area (Å²) in [5.74, 6) is -1.04. The molecule has 0 aliphatic heterocycles. The molecule has 1 unspecified atom stereocenters. The van der Waals surface area contributed by atoms with Crippen molar-refractivity contribution in [3.63, 3.8) is 0 Å². The van der Waals surface area contributed by atoms with Crippen LogP contribution in [0.25, 0.3) is 0 Å². The third-order valence-electron chi connectivity index (χ3n) is 2.22. The lowest BCUT2D eigenvalue weighted by Gasteiger charge is -2.18. The average Bonchev–Trinajstić information content (AvgIpc) is 2.15. The third-order valence-corrected chi connectivity index (χ3v) is 4.95. The largest absolute Gasteiger partial charge is 0.481 e. The number of hydrogen-bond donors (Lipinski definition) is 1. The normalized spacial score (nSPS) is 13.4. The lowest BCUT2D eigenvalue weighted by Crippen LogP contribution is -2.30. The van der Waals surface area contributed by atoms with Gasteiger partial charge in [0, 0.05) is 5.75 Å². The molecule has 0 aliphatic rings. The molecule has 1 rings (SSSR count). The van der Waals surface area contributed by atoms with Crippen molar-refractivity contribution in [2.45, 2.75) is 18.7 Å². The number of hydrogen-bond acceptors (Lipinski definition) is 2. The zero-order chi connectivity index (χ0) is 13.2. The van der Waals surface area contributed by atoms with E-state index in [-0.39, 0.29) is 15.8 Å². The molecule has 1 aromatic carbocycles. The van der Waals surface area contributed by atoms with Crippen LogP contribution in [0.15, 0.2) is 23.1 Å². The second-order valence-electron chi connectivity index (χ2n) is 4.23. The van der Waals surface area contributed by atoms with E-state index in [1.54, 1.807) is 18.2 Å². The molecule has 0 amide bonds. The Morgan fingerprint density at radius 1 is 1.35 bits per heavy atom. The molecule has 1 N–H and O–H groups in total. The van der Waals surface area contributed by atoms with Gasteiger partial charge in [0.2, 0.25) is 0 Å². The number of carboxylic acid groups (broad SMARTS) is 1. The predicted molar refractivity (Wildman–Crippen MR) is 69.2 cm³/mol. The lowest BCUT2D eigenvalue weighted by molar-refractivity contribution is -0.145. The number of carboxylic acids is 1. The monoisotopic (exact) mass is 294 g/mol. The lowest BCUT2D eigenvalue weighted by atomic mass is 9.97. The molecule has 17 heavy (non-hydrogen) atoms. The fourth-order valence-corrected chi connectivity index (χ4v) is 3.57. The van der Waals surface area contributed by atoms with Crippen molar-refractivity contribution in [3.8, 4) is 0 Å². The molecule has 0 heterocycles. The molecule has 0 fully saturated rings. The van der Waals surface area contributed by atoms with Crippen LogP contribution in [0.1, 0.15) is 13.8 Å². The number of benzene rings is 1. The van der Waals surface area contributed by atoms with Crippen LogP contribution in [0, 0.1) is 5.41 Å². The van der Waals surface area contributed by atoms with E-state index < -0.39 is 22.2 Å². The van der Waals surface area contributed by atoms with E-state index in [0.29, 0.717) is 4.90 Å². The van der Waals surface area contributed by atoms with Gasteiger partial charge < -0.3 is 5.11 Å². The van der Waals surface area contributed by atoms with Crippen LogP contribution in [0.5, 0.6) is 0 Å². The maximum Gasteiger partial charge on any atom is 0.310 e. The Labute approximate surface area is 112 Å². The van der Waals surface area contributed by atoms with Gasteiger partial charge in [-0.05, 0) is 26.0 Å². The molecule has 0 saturated carbocycles. The Hall–Kier alpha value is -0.580. The Kier molecular flexibility index (Phi) is 4.58. The highest BCUT2D eigenvalue weighted by atomic mass is 35.5. The Bertz CT molecular complexity index is 452. The molecule has 0 aliphatic carbocycles. The van der Waals surface area contributed by atoms with Crippen LogP contribution in [-0.4, -0.2) is 21.0 Å². The van der Waals surface area contributed by atoms with Gasteiger partial charge in [0.1, 0.15) is 0 Å². The number of halogens is 2. The standard InChI is InChI=1S/C11H12Cl2O3S/c1-11(2,10(14)15)6-17(16)9-7(12)4-3-5-8(9)13/h3-5H,6H2,1-2H3,(H,14,15).